The number of fused-ring (bicyclic) bond motifs is 1. The van der Waals surface area contributed by atoms with Gasteiger partial charge >= 0.3 is 0 Å². The van der Waals surface area contributed by atoms with Crippen molar-refractivity contribution in [3.63, 3.8) is 0 Å². The highest BCUT2D eigenvalue weighted by atomic mass is 16.2. The van der Waals surface area contributed by atoms with Crippen LogP contribution in [0.2, 0.25) is 0 Å². The number of aryl methyl sites for hydroxylation is 1. The summed E-state index contributed by atoms with van der Waals surface area (Å²) in [6.07, 6.45) is 8.80. The molecule has 0 atom stereocenters. The van der Waals surface area contributed by atoms with Crippen LogP contribution in [0.4, 0.5) is 0 Å². The zero-order valence-electron chi connectivity index (χ0n) is 12.0. The van der Waals surface area contributed by atoms with Crippen LogP contribution >= 0.6 is 0 Å². The van der Waals surface area contributed by atoms with Crippen LogP contribution in [-0.4, -0.2) is 63.0 Å². The lowest BCUT2D eigenvalue weighted by molar-refractivity contribution is 0.0653. The molecule has 108 valence electrons. The second-order valence-electron chi connectivity index (χ2n) is 5.12. The predicted octanol–water partition coefficient (Wildman–Crippen LogP) is 0.429. The van der Waals surface area contributed by atoms with Crippen LogP contribution in [0.15, 0.2) is 18.5 Å². The maximum atomic E-state index is 12.7. The Bertz CT molecular complexity index is 706. The van der Waals surface area contributed by atoms with Gasteiger partial charge in [-0.3, -0.25) is 9.69 Å². The summed E-state index contributed by atoms with van der Waals surface area (Å²) in [6.45, 7) is 5.47. The Labute approximate surface area is 123 Å². The lowest BCUT2D eigenvalue weighted by atomic mass is 10.2. The number of carbonyl (C=O) groups is 1. The van der Waals surface area contributed by atoms with Gasteiger partial charge in [-0.1, -0.05) is 5.92 Å². The Morgan fingerprint density at radius 1 is 1.38 bits per heavy atom. The second kappa shape index (κ2) is 5.54. The fourth-order valence-electron chi connectivity index (χ4n) is 2.64. The molecule has 1 saturated heterocycles. The number of hydrogen-bond acceptors (Lipinski definition) is 4. The van der Waals surface area contributed by atoms with Gasteiger partial charge in [0.15, 0.2) is 5.65 Å². The molecule has 0 aromatic carbocycles. The van der Waals surface area contributed by atoms with Gasteiger partial charge in [0.1, 0.15) is 5.56 Å². The Balaban J connectivity index is 1.82. The summed E-state index contributed by atoms with van der Waals surface area (Å²) >= 11 is 0. The number of aromatic nitrogens is 3. The first-order valence-corrected chi connectivity index (χ1v) is 6.95. The number of terminal acetylenes is 1. The van der Waals surface area contributed by atoms with E-state index in [-0.39, 0.29) is 5.91 Å². The molecule has 3 rings (SSSR count). The van der Waals surface area contributed by atoms with Crippen molar-refractivity contribution in [1.82, 2.24) is 24.4 Å². The Kier molecular flexibility index (Phi) is 3.59. The van der Waals surface area contributed by atoms with Crippen LogP contribution in [0.25, 0.3) is 5.65 Å². The third-order valence-electron chi connectivity index (χ3n) is 3.76. The lowest BCUT2D eigenvalue weighted by Gasteiger charge is -2.33. The minimum atomic E-state index is 0.00144. The van der Waals surface area contributed by atoms with Gasteiger partial charge in [-0.2, -0.15) is 5.10 Å². The first kappa shape index (κ1) is 13.6. The van der Waals surface area contributed by atoms with E-state index < -0.39 is 0 Å². The maximum Gasteiger partial charge on any atom is 0.259 e. The minimum Gasteiger partial charge on any atom is -0.336 e. The zero-order chi connectivity index (χ0) is 14.8. The van der Waals surface area contributed by atoms with Crippen LogP contribution in [0.1, 0.15) is 16.1 Å². The Morgan fingerprint density at radius 2 is 2.14 bits per heavy atom. The molecule has 21 heavy (non-hydrogen) atoms. The summed E-state index contributed by atoms with van der Waals surface area (Å²) in [4.78, 5) is 21.0. The van der Waals surface area contributed by atoms with E-state index in [0.717, 1.165) is 13.1 Å². The van der Waals surface area contributed by atoms with Gasteiger partial charge in [0.25, 0.3) is 5.91 Å². The van der Waals surface area contributed by atoms with Crippen LogP contribution < -0.4 is 0 Å². The van der Waals surface area contributed by atoms with Gasteiger partial charge in [0, 0.05) is 38.6 Å². The van der Waals surface area contributed by atoms with E-state index in [9.17, 15) is 4.79 Å². The number of amides is 1. The number of rotatable bonds is 2. The van der Waals surface area contributed by atoms with Crippen molar-refractivity contribution in [2.75, 3.05) is 32.7 Å². The van der Waals surface area contributed by atoms with E-state index in [1.54, 1.807) is 23.0 Å². The highest BCUT2D eigenvalue weighted by Gasteiger charge is 2.26. The summed E-state index contributed by atoms with van der Waals surface area (Å²) in [5.74, 6) is 2.64. The molecule has 0 N–H and O–H groups in total. The maximum absolute atomic E-state index is 12.7. The minimum absolute atomic E-state index is 0.00144. The monoisotopic (exact) mass is 283 g/mol. The van der Waals surface area contributed by atoms with Gasteiger partial charge in [0.05, 0.1) is 12.2 Å². The van der Waals surface area contributed by atoms with E-state index in [0.29, 0.717) is 36.5 Å². The molecule has 0 bridgehead atoms. The van der Waals surface area contributed by atoms with E-state index in [2.05, 4.69) is 20.9 Å². The summed E-state index contributed by atoms with van der Waals surface area (Å²) in [7, 11) is 0. The molecule has 0 spiro atoms. The molecule has 6 nitrogen and oxygen atoms in total. The van der Waals surface area contributed by atoms with E-state index >= 15 is 0 Å². The molecule has 1 amide bonds. The molecule has 2 aromatic rings. The largest absolute Gasteiger partial charge is 0.336 e. The Hall–Kier alpha value is -2.39. The first-order chi connectivity index (χ1) is 10.2. The van der Waals surface area contributed by atoms with Gasteiger partial charge in [-0.05, 0) is 13.0 Å². The highest BCUT2D eigenvalue weighted by molar-refractivity contribution is 6.01. The van der Waals surface area contributed by atoms with Gasteiger partial charge < -0.3 is 4.90 Å². The molecule has 2 aromatic heterocycles. The average molecular weight is 283 g/mol. The Morgan fingerprint density at radius 3 is 2.86 bits per heavy atom. The molecule has 0 saturated carbocycles. The molecular weight excluding hydrogens is 266 g/mol. The van der Waals surface area contributed by atoms with Crippen molar-refractivity contribution < 1.29 is 4.79 Å². The third-order valence-corrected chi connectivity index (χ3v) is 3.76. The summed E-state index contributed by atoms with van der Waals surface area (Å²) in [5, 5.41) is 4.34. The molecule has 0 unspecified atom stereocenters. The SMILES string of the molecule is C#CCN1CCN(C(=O)c2c(C)nn3cccnc23)CC1. The summed E-state index contributed by atoms with van der Waals surface area (Å²) in [5.41, 5.74) is 1.93. The van der Waals surface area contributed by atoms with Crippen molar-refractivity contribution >= 4 is 11.6 Å². The first-order valence-electron chi connectivity index (χ1n) is 6.95. The van der Waals surface area contributed by atoms with Crippen LogP contribution in [0, 0.1) is 19.3 Å². The number of piperazine rings is 1. The quantitative estimate of drug-likeness (QED) is 0.750. The van der Waals surface area contributed by atoms with Gasteiger partial charge in [-0.15, -0.1) is 6.42 Å². The zero-order valence-corrected chi connectivity index (χ0v) is 12.0. The van der Waals surface area contributed by atoms with E-state index in [1.807, 2.05) is 11.8 Å². The number of hydrogen-bond donors (Lipinski definition) is 0. The van der Waals surface area contributed by atoms with Crippen LogP contribution in [0.3, 0.4) is 0 Å². The van der Waals surface area contributed by atoms with Crippen molar-refractivity contribution in [2.45, 2.75) is 6.92 Å². The smallest absolute Gasteiger partial charge is 0.259 e. The highest BCUT2D eigenvalue weighted by Crippen LogP contribution is 2.16. The summed E-state index contributed by atoms with van der Waals surface area (Å²) in [6, 6.07) is 1.80. The molecule has 3 heterocycles. The molecule has 0 aliphatic carbocycles. The number of nitrogens with zero attached hydrogens (tertiary/aromatic N) is 5. The molecule has 1 aliphatic rings. The van der Waals surface area contributed by atoms with Gasteiger partial charge in [0.2, 0.25) is 0 Å². The molecule has 1 aliphatic heterocycles. The van der Waals surface area contributed by atoms with Crippen molar-refractivity contribution in [2.24, 2.45) is 0 Å². The predicted molar refractivity (Wildman–Crippen MR) is 78.9 cm³/mol. The summed E-state index contributed by atoms with van der Waals surface area (Å²) < 4.78 is 1.65. The van der Waals surface area contributed by atoms with Crippen molar-refractivity contribution in [1.29, 1.82) is 0 Å². The van der Waals surface area contributed by atoms with Crippen LogP contribution in [0.5, 0.6) is 0 Å². The van der Waals surface area contributed by atoms with Crippen molar-refractivity contribution in [3.8, 4) is 12.3 Å². The van der Waals surface area contributed by atoms with Crippen LogP contribution in [-0.2, 0) is 0 Å². The van der Waals surface area contributed by atoms with E-state index in [1.165, 1.54) is 0 Å². The fraction of sp³-hybridized carbons (Fsp3) is 0.400. The van der Waals surface area contributed by atoms with Gasteiger partial charge in [-0.25, -0.2) is 9.50 Å². The topological polar surface area (TPSA) is 53.7 Å². The third kappa shape index (κ3) is 2.48. The number of carbonyl (C=O) groups excluding carboxylic acids is 1. The molecule has 0 radical (unpaired) electrons. The molecule has 1 fully saturated rings. The molecular formula is C15H17N5O. The van der Waals surface area contributed by atoms with E-state index in [4.69, 9.17) is 6.42 Å². The fourth-order valence-corrected chi connectivity index (χ4v) is 2.64. The van der Waals surface area contributed by atoms with Crippen molar-refractivity contribution in [3.05, 3.63) is 29.7 Å². The second-order valence-corrected chi connectivity index (χ2v) is 5.12. The molecule has 6 heteroatoms. The lowest BCUT2D eigenvalue weighted by Crippen LogP contribution is -2.48. The standard InChI is InChI=1S/C15H17N5O/c1-3-6-18-8-10-19(11-9-18)15(21)13-12(2)17-20-7-4-5-16-14(13)20/h1,4-5,7H,6,8-11H2,2H3. The average Bonchev–Trinajstić information content (AvgIpc) is 2.83. The normalized spacial score (nSPS) is 16.1.